The van der Waals surface area contributed by atoms with E-state index in [1.807, 2.05) is 0 Å². The summed E-state index contributed by atoms with van der Waals surface area (Å²) in [6.45, 7) is 4.63. The van der Waals surface area contributed by atoms with Crippen LogP contribution in [0, 0.1) is 0 Å². The van der Waals surface area contributed by atoms with E-state index in [0.29, 0.717) is 12.1 Å². The minimum Gasteiger partial charge on any atom is -0.315 e. The highest BCUT2D eigenvalue weighted by Gasteiger charge is 2.25. The first-order valence-electron chi connectivity index (χ1n) is 6.59. The molecule has 0 aliphatic heterocycles. The van der Waals surface area contributed by atoms with E-state index in [-0.39, 0.29) is 0 Å². The first kappa shape index (κ1) is 13.0. The van der Waals surface area contributed by atoms with Crippen LogP contribution in [0.2, 0.25) is 0 Å². The molecule has 1 saturated carbocycles. The Morgan fingerprint density at radius 2 is 1.87 bits per heavy atom. The fourth-order valence-electron chi connectivity index (χ4n) is 2.89. The van der Waals surface area contributed by atoms with Crippen LogP contribution in [0.3, 0.4) is 0 Å². The highest BCUT2D eigenvalue weighted by atomic mass is 15.2. The van der Waals surface area contributed by atoms with Gasteiger partial charge >= 0.3 is 0 Å². The molecule has 0 spiro atoms. The lowest BCUT2D eigenvalue weighted by molar-refractivity contribution is 0.121. The number of rotatable bonds is 5. The molecule has 2 nitrogen and oxygen atoms in total. The van der Waals surface area contributed by atoms with Gasteiger partial charge in [-0.05, 0) is 40.3 Å². The SMILES string of the molecule is CCC(NC)C(C)N(C)C1CCCCC1. The molecule has 2 atom stereocenters. The van der Waals surface area contributed by atoms with E-state index in [0.717, 1.165) is 6.04 Å². The standard InChI is InChI=1S/C13H28N2/c1-5-13(14-3)11(2)15(4)12-9-7-6-8-10-12/h11-14H,5-10H2,1-4H3. The Bertz CT molecular complexity index is 160. The minimum atomic E-state index is 0.636. The zero-order valence-electron chi connectivity index (χ0n) is 10.9. The van der Waals surface area contributed by atoms with E-state index in [4.69, 9.17) is 0 Å². The van der Waals surface area contributed by atoms with Gasteiger partial charge in [-0.3, -0.25) is 4.90 Å². The Kier molecular flexibility index (Phi) is 5.62. The summed E-state index contributed by atoms with van der Waals surface area (Å²) < 4.78 is 0. The molecule has 1 rings (SSSR count). The van der Waals surface area contributed by atoms with Crippen molar-refractivity contribution in [3.05, 3.63) is 0 Å². The van der Waals surface area contributed by atoms with Crippen LogP contribution >= 0.6 is 0 Å². The van der Waals surface area contributed by atoms with Crippen molar-refractivity contribution in [3.8, 4) is 0 Å². The van der Waals surface area contributed by atoms with E-state index in [2.05, 4.69) is 38.2 Å². The Morgan fingerprint density at radius 1 is 1.27 bits per heavy atom. The van der Waals surface area contributed by atoms with Gasteiger partial charge in [-0.25, -0.2) is 0 Å². The third kappa shape index (κ3) is 3.46. The average molecular weight is 212 g/mol. The smallest absolute Gasteiger partial charge is 0.0220 e. The van der Waals surface area contributed by atoms with Crippen LogP contribution in [0.25, 0.3) is 0 Å². The van der Waals surface area contributed by atoms with Gasteiger partial charge in [-0.1, -0.05) is 26.2 Å². The molecule has 15 heavy (non-hydrogen) atoms. The van der Waals surface area contributed by atoms with Gasteiger partial charge in [0, 0.05) is 18.1 Å². The van der Waals surface area contributed by atoms with Crippen molar-refractivity contribution in [3.63, 3.8) is 0 Å². The van der Waals surface area contributed by atoms with Crippen molar-refractivity contribution in [1.29, 1.82) is 0 Å². The molecular weight excluding hydrogens is 184 g/mol. The summed E-state index contributed by atoms with van der Waals surface area (Å²) in [5.41, 5.74) is 0. The first-order valence-corrected chi connectivity index (χ1v) is 6.59. The molecule has 0 aromatic heterocycles. The summed E-state index contributed by atoms with van der Waals surface area (Å²) in [6, 6.07) is 2.12. The highest BCUT2D eigenvalue weighted by Crippen LogP contribution is 2.23. The van der Waals surface area contributed by atoms with Crippen LogP contribution in [0.5, 0.6) is 0 Å². The highest BCUT2D eigenvalue weighted by molar-refractivity contribution is 4.83. The van der Waals surface area contributed by atoms with E-state index in [1.54, 1.807) is 0 Å². The van der Waals surface area contributed by atoms with Gasteiger partial charge in [-0.15, -0.1) is 0 Å². The fraction of sp³-hybridized carbons (Fsp3) is 1.00. The monoisotopic (exact) mass is 212 g/mol. The Morgan fingerprint density at radius 3 is 2.33 bits per heavy atom. The summed E-state index contributed by atoms with van der Waals surface area (Å²) in [5, 5.41) is 3.43. The maximum absolute atomic E-state index is 3.43. The molecule has 0 radical (unpaired) electrons. The van der Waals surface area contributed by atoms with Gasteiger partial charge in [0.15, 0.2) is 0 Å². The predicted octanol–water partition coefficient (Wildman–Crippen LogP) is 2.64. The van der Waals surface area contributed by atoms with Crippen LogP contribution in [-0.4, -0.2) is 37.1 Å². The summed E-state index contributed by atoms with van der Waals surface area (Å²) >= 11 is 0. The van der Waals surface area contributed by atoms with Gasteiger partial charge in [0.25, 0.3) is 0 Å². The molecule has 0 aromatic rings. The van der Waals surface area contributed by atoms with Crippen molar-refractivity contribution < 1.29 is 0 Å². The summed E-state index contributed by atoms with van der Waals surface area (Å²) in [5.74, 6) is 0. The number of nitrogens with zero attached hydrogens (tertiary/aromatic N) is 1. The second kappa shape index (κ2) is 6.49. The number of hydrogen-bond donors (Lipinski definition) is 1. The van der Waals surface area contributed by atoms with Crippen molar-refractivity contribution in [1.82, 2.24) is 10.2 Å². The Labute approximate surface area is 95.4 Å². The van der Waals surface area contributed by atoms with Gasteiger partial charge in [-0.2, -0.15) is 0 Å². The van der Waals surface area contributed by atoms with Crippen molar-refractivity contribution in [2.75, 3.05) is 14.1 Å². The fourth-order valence-corrected chi connectivity index (χ4v) is 2.89. The molecular formula is C13H28N2. The van der Waals surface area contributed by atoms with Gasteiger partial charge < -0.3 is 5.32 Å². The molecule has 2 heteroatoms. The normalized spacial score (nSPS) is 23.0. The molecule has 1 fully saturated rings. The Hall–Kier alpha value is -0.0800. The molecule has 0 heterocycles. The molecule has 2 unspecified atom stereocenters. The van der Waals surface area contributed by atoms with Gasteiger partial charge in [0.1, 0.15) is 0 Å². The molecule has 1 aliphatic rings. The van der Waals surface area contributed by atoms with Crippen LogP contribution in [0.1, 0.15) is 52.4 Å². The average Bonchev–Trinajstić information content (AvgIpc) is 2.30. The summed E-state index contributed by atoms with van der Waals surface area (Å²) in [7, 11) is 4.39. The molecule has 0 bridgehead atoms. The number of nitrogens with one attached hydrogen (secondary N) is 1. The predicted molar refractivity (Wildman–Crippen MR) is 67.2 cm³/mol. The molecule has 1 aliphatic carbocycles. The van der Waals surface area contributed by atoms with E-state index in [1.165, 1.54) is 38.5 Å². The van der Waals surface area contributed by atoms with Gasteiger partial charge in [0.2, 0.25) is 0 Å². The van der Waals surface area contributed by atoms with Crippen LogP contribution in [-0.2, 0) is 0 Å². The third-order valence-electron chi connectivity index (χ3n) is 4.19. The molecule has 0 aromatic carbocycles. The summed E-state index contributed by atoms with van der Waals surface area (Å²) in [4.78, 5) is 2.60. The number of hydrogen-bond acceptors (Lipinski definition) is 2. The molecule has 0 amide bonds. The second-order valence-electron chi connectivity index (χ2n) is 5.00. The van der Waals surface area contributed by atoms with E-state index >= 15 is 0 Å². The van der Waals surface area contributed by atoms with E-state index < -0.39 is 0 Å². The van der Waals surface area contributed by atoms with Crippen molar-refractivity contribution in [2.45, 2.75) is 70.5 Å². The topological polar surface area (TPSA) is 15.3 Å². The largest absolute Gasteiger partial charge is 0.315 e. The lowest BCUT2D eigenvalue weighted by Crippen LogP contribution is -2.49. The Balaban J connectivity index is 2.45. The molecule has 0 saturated heterocycles. The van der Waals surface area contributed by atoms with Crippen molar-refractivity contribution in [2.24, 2.45) is 0 Å². The van der Waals surface area contributed by atoms with E-state index in [9.17, 15) is 0 Å². The summed E-state index contributed by atoms with van der Waals surface area (Å²) in [6.07, 6.45) is 8.33. The second-order valence-corrected chi connectivity index (χ2v) is 5.00. The van der Waals surface area contributed by atoms with Crippen molar-refractivity contribution >= 4 is 0 Å². The maximum Gasteiger partial charge on any atom is 0.0220 e. The minimum absolute atomic E-state index is 0.636. The number of likely N-dealkylation sites (N-methyl/N-ethyl adjacent to an activating group) is 2. The first-order chi connectivity index (χ1) is 7.20. The zero-order valence-corrected chi connectivity index (χ0v) is 10.9. The van der Waals surface area contributed by atoms with Crippen LogP contribution in [0.15, 0.2) is 0 Å². The van der Waals surface area contributed by atoms with Crippen LogP contribution in [0.4, 0.5) is 0 Å². The quantitative estimate of drug-likeness (QED) is 0.753. The third-order valence-corrected chi connectivity index (χ3v) is 4.19. The maximum atomic E-state index is 3.43. The van der Waals surface area contributed by atoms with Crippen LogP contribution < -0.4 is 5.32 Å². The van der Waals surface area contributed by atoms with Gasteiger partial charge in [0.05, 0.1) is 0 Å². The molecule has 1 N–H and O–H groups in total. The lowest BCUT2D eigenvalue weighted by atomic mass is 9.92. The lowest BCUT2D eigenvalue weighted by Gasteiger charge is -2.39. The zero-order chi connectivity index (χ0) is 11.3. The molecule has 90 valence electrons.